The van der Waals surface area contributed by atoms with Gasteiger partial charge in [-0.2, -0.15) is 0 Å². The van der Waals surface area contributed by atoms with Crippen LogP contribution in [0.1, 0.15) is 22.9 Å². The molecule has 2 N–H and O–H groups in total. The number of pyridine rings is 1. The zero-order valence-electron chi connectivity index (χ0n) is 12.3. The number of aliphatic hydroxyl groups is 2. The highest BCUT2D eigenvalue weighted by Crippen LogP contribution is 2.16. The molecule has 21 heavy (non-hydrogen) atoms. The Morgan fingerprint density at radius 2 is 1.95 bits per heavy atom. The molecule has 0 aliphatic heterocycles. The van der Waals surface area contributed by atoms with Crippen LogP contribution in [0.3, 0.4) is 0 Å². The van der Waals surface area contributed by atoms with E-state index in [4.69, 9.17) is 0 Å². The number of nitrogens with zero attached hydrogens (tertiary/aromatic N) is 2. The Bertz CT molecular complexity index is 545. The molecule has 2 rings (SSSR count). The normalized spacial score (nSPS) is 12.6. The van der Waals surface area contributed by atoms with Gasteiger partial charge < -0.3 is 10.2 Å². The van der Waals surface area contributed by atoms with Crippen LogP contribution in [-0.4, -0.2) is 39.8 Å². The molecule has 0 bridgehead atoms. The molecule has 112 valence electrons. The molecular weight excluding hydrogens is 264 g/mol. The predicted molar refractivity (Wildman–Crippen MR) is 82.7 cm³/mol. The second-order valence-electron chi connectivity index (χ2n) is 5.19. The van der Waals surface area contributed by atoms with Gasteiger partial charge >= 0.3 is 0 Å². The van der Waals surface area contributed by atoms with Crippen molar-refractivity contribution in [3.63, 3.8) is 0 Å². The molecule has 0 spiro atoms. The van der Waals surface area contributed by atoms with Gasteiger partial charge in [0.1, 0.15) is 0 Å². The average molecular weight is 286 g/mol. The van der Waals surface area contributed by atoms with Crippen molar-refractivity contribution in [1.29, 1.82) is 0 Å². The van der Waals surface area contributed by atoms with E-state index in [1.165, 1.54) is 5.56 Å². The van der Waals surface area contributed by atoms with E-state index in [1.807, 2.05) is 49.4 Å². The van der Waals surface area contributed by atoms with Gasteiger partial charge in [0.15, 0.2) is 0 Å². The molecule has 1 heterocycles. The third kappa shape index (κ3) is 4.93. The summed E-state index contributed by atoms with van der Waals surface area (Å²) < 4.78 is 0. The second-order valence-corrected chi connectivity index (χ2v) is 5.19. The first kappa shape index (κ1) is 15.6. The van der Waals surface area contributed by atoms with E-state index in [2.05, 4.69) is 9.88 Å². The number of benzene rings is 1. The first-order valence-corrected chi connectivity index (χ1v) is 7.17. The number of hydrogen-bond acceptors (Lipinski definition) is 4. The van der Waals surface area contributed by atoms with E-state index >= 15 is 0 Å². The van der Waals surface area contributed by atoms with Crippen molar-refractivity contribution >= 4 is 0 Å². The summed E-state index contributed by atoms with van der Waals surface area (Å²) in [4.78, 5) is 6.19. The first-order valence-electron chi connectivity index (χ1n) is 7.17. The average Bonchev–Trinajstić information content (AvgIpc) is 2.48. The van der Waals surface area contributed by atoms with Gasteiger partial charge in [-0.1, -0.05) is 30.3 Å². The molecule has 0 aliphatic rings. The molecule has 0 radical (unpaired) electrons. The SMILES string of the molecule is Cc1cc(C(O)CN(CCO)Cc2ccccc2)ccn1. The largest absolute Gasteiger partial charge is 0.395 e. The fourth-order valence-electron chi connectivity index (χ4n) is 2.34. The van der Waals surface area contributed by atoms with E-state index in [1.54, 1.807) is 6.20 Å². The standard InChI is InChI=1S/C17H22N2O2/c1-14-11-16(7-8-18-14)17(21)13-19(9-10-20)12-15-5-3-2-4-6-15/h2-8,11,17,20-21H,9-10,12-13H2,1H3. The van der Waals surface area contributed by atoms with Crippen molar-refractivity contribution in [2.45, 2.75) is 19.6 Å². The van der Waals surface area contributed by atoms with Crippen LogP contribution in [-0.2, 0) is 6.54 Å². The Morgan fingerprint density at radius 3 is 2.62 bits per heavy atom. The van der Waals surface area contributed by atoms with Crippen molar-refractivity contribution in [3.05, 3.63) is 65.5 Å². The lowest BCUT2D eigenvalue weighted by Gasteiger charge is -2.24. The lowest BCUT2D eigenvalue weighted by molar-refractivity contribution is 0.0956. The number of aromatic nitrogens is 1. The molecule has 0 aliphatic carbocycles. The fourth-order valence-corrected chi connectivity index (χ4v) is 2.34. The van der Waals surface area contributed by atoms with Crippen LogP contribution >= 0.6 is 0 Å². The van der Waals surface area contributed by atoms with Gasteiger partial charge in [0.25, 0.3) is 0 Å². The van der Waals surface area contributed by atoms with E-state index < -0.39 is 6.10 Å². The minimum Gasteiger partial charge on any atom is -0.395 e. The van der Waals surface area contributed by atoms with Gasteiger partial charge in [0, 0.05) is 31.5 Å². The van der Waals surface area contributed by atoms with Crippen molar-refractivity contribution in [3.8, 4) is 0 Å². The highest BCUT2D eigenvalue weighted by atomic mass is 16.3. The number of rotatable bonds is 7. The molecule has 4 heteroatoms. The van der Waals surface area contributed by atoms with Crippen LogP contribution in [0, 0.1) is 6.92 Å². The Morgan fingerprint density at radius 1 is 1.19 bits per heavy atom. The van der Waals surface area contributed by atoms with E-state index in [0.29, 0.717) is 19.6 Å². The molecule has 0 amide bonds. The van der Waals surface area contributed by atoms with Crippen molar-refractivity contribution in [2.24, 2.45) is 0 Å². The third-order valence-electron chi connectivity index (χ3n) is 3.40. The summed E-state index contributed by atoms with van der Waals surface area (Å²) in [5.41, 5.74) is 2.92. The van der Waals surface area contributed by atoms with Crippen LogP contribution < -0.4 is 0 Å². The van der Waals surface area contributed by atoms with Gasteiger partial charge in [-0.25, -0.2) is 0 Å². The number of aryl methyl sites for hydroxylation is 1. The highest BCUT2D eigenvalue weighted by Gasteiger charge is 2.14. The van der Waals surface area contributed by atoms with Crippen molar-refractivity contribution in [1.82, 2.24) is 9.88 Å². The van der Waals surface area contributed by atoms with Crippen LogP contribution in [0.5, 0.6) is 0 Å². The summed E-state index contributed by atoms with van der Waals surface area (Å²) in [5.74, 6) is 0. The van der Waals surface area contributed by atoms with Gasteiger partial charge in [0.05, 0.1) is 12.7 Å². The molecule has 4 nitrogen and oxygen atoms in total. The van der Waals surface area contributed by atoms with Crippen molar-refractivity contribution < 1.29 is 10.2 Å². The molecule has 2 aromatic rings. The van der Waals surface area contributed by atoms with Crippen LogP contribution in [0.4, 0.5) is 0 Å². The molecular formula is C17H22N2O2. The van der Waals surface area contributed by atoms with E-state index in [-0.39, 0.29) is 6.61 Å². The number of hydrogen-bond donors (Lipinski definition) is 2. The minimum absolute atomic E-state index is 0.0783. The Hall–Kier alpha value is -1.75. The predicted octanol–water partition coefficient (Wildman–Crippen LogP) is 1.92. The second kappa shape index (κ2) is 7.88. The Kier molecular flexibility index (Phi) is 5.87. The smallest absolute Gasteiger partial charge is 0.0918 e. The molecule has 1 aromatic heterocycles. The summed E-state index contributed by atoms with van der Waals surface area (Å²) in [6.45, 7) is 3.72. The van der Waals surface area contributed by atoms with Gasteiger partial charge in [0.2, 0.25) is 0 Å². The summed E-state index contributed by atoms with van der Waals surface area (Å²) in [7, 11) is 0. The van der Waals surface area contributed by atoms with Gasteiger partial charge in [-0.05, 0) is 30.2 Å². The Labute approximate surface area is 125 Å². The zero-order chi connectivity index (χ0) is 15.1. The molecule has 1 unspecified atom stereocenters. The lowest BCUT2D eigenvalue weighted by Crippen LogP contribution is -2.31. The maximum absolute atomic E-state index is 10.4. The van der Waals surface area contributed by atoms with E-state index in [9.17, 15) is 10.2 Å². The third-order valence-corrected chi connectivity index (χ3v) is 3.40. The summed E-state index contributed by atoms with van der Waals surface area (Å²) in [6, 6.07) is 13.8. The first-order chi connectivity index (χ1) is 10.2. The topological polar surface area (TPSA) is 56.6 Å². The highest BCUT2D eigenvalue weighted by molar-refractivity contribution is 5.19. The maximum atomic E-state index is 10.4. The van der Waals surface area contributed by atoms with Crippen LogP contribution in [0.15, 0.2) is 48.7 Å². The quantitative estimate of drug-likeness (QED) is 0.816. The molecule has 1 atom stereocenters. The van der Waals surface area contributed by atoms with Gasteiger partial charge in [-0.15, -0.1) is 0 Å². The fraction of sp³-hybridized carbons (Fsp3) is 0.353. The zero-order valence-corrected chi connectivity index (χ0v) is 12.3. The van der Waals surface area contributed by atoms with Crippen LogP contribution in [0.25, 0.3) is 0 Å². The molecule has 0 saturated carbocycles. The lowest BCUT2D eigenvalue weighted by atomic mass is 10.1. The summed E-state index contributed by atoms with van der Waals surface area (Å²) >= 11 is 0. The monoisotopic (exact) mass is 286 g/mol. The number of aliphatic hydroxyl groups excluding tert-OH is 2. The van der Waals surface area contributed by atoms with E-state index in [0.717, 1.165) is 11.3 Å². The van der Waals surface area contributed by atoms with Crippen molar-refractivity contribution in [2.75, 3.05) is 19.7 Å². The molecule has 0 saturated heterocycles. The minimum atomic E-state index is -0.582. The summed E-state index contributed by atoms with van der Waals surface area (Å²) in [5, 5.41) is 19.6. The van der Waals surface area contributed by atoms with Crippen LogP contribution in [0.2, 0.25) is 0 Å². The molecule has 1 aromatic carbocycles. The van der Waals surface area contributed by atoms with Gasteiger partial charge in [-0.3, -0.25) is 9.88 Å². The Balaban J connectivity index is 2.02. The summed E-state index contributed by atoms with van der Waals surface area (Å²) in [6.07, 6.45) is 1.13. The molecule has 0 fully saturated rings. The maximum Gasteiger partial charge on any atom is 0.0918 e.